The van der Waals surface area contributed by atoms with Crippen molar-refractivity contribution >= 4 is 28.8 Å². The highest BCUT2D eigenvalue weighted by atomic mass is 14.7. The summed E-state index contributed by atoms with van der Waals surface area (Å²) in [5.41, 5.74) is 9.49. The number of benzene rings is 5. The molecule has 0 radical (unpaired) electrons. The summed E-state index contributed by atoms with van der Waals surface area (Å²) in [4.78, 5) is 13.7. The fourth-order valence-corrected chi connectivity index (χ4v) is 5.13. The summed E-state index contributed by atoms with van der Waals surface area (Å²) < 4.78 is 0. The number of pyridine rings is 1. The van der Waals surface area contributed by atoms with E-state index in [4.69, 9.17) is 4.99 Å². The first kappa shape index (κ1) is 25.8. The predicted molar refractivity (Wildman–Crippen MR) is 173 cm³/mol. The highest BCUT2D eigenvalue weighted by molar-refractivity contribution is 6.32. The van der Waals surface area contributed by atoms with Crippen molar-refractivity contribution in [1.82, 2.24) is 4.98 Å². The Morgan fingerprint density at radius 1 is 0.659 bits per heavy atom. The lowest BCUT2D eigenvalue weighted by Crippen LogP contribution is -2.06. The van der Waals surface area contributed by atoms with Crippen LogP contribution in [0, 0.1) is 0 Å². The Bertz CT molecular complexity index is 1850. The molecule has 6 rings (SSSR count). The summed E-state index contributed by atoms with van der Waals surface area (Å²) in [5, 5.41) is 2.47. The monoisotopic (exact) mass is 527 g/mol. The molecule has 0 amide bonds. The van der Waals surface area contributed by atoms with Gasteiger partial charge in [-0.05, 0) is 57.4 Å². The molecule has 0 aliphatic rings. The number of hydrogen-bond donors (Lipinski definition) is 0. The van der Waals surface area contributed by atoms with Crippen LogP contribution in [-0.2, 0) is 6.54 Å². The van der Waals surface area contributed by atoms with Gasteiger partial charge in [0.2, 0.25) is 0 Å². The molecule has 3 heteroatoms. The fourth-order valence-electron chi connectivity index (χ4n) is 5.13. The Kier molecular flexibility index (Phi) is 7.68. The molecule has 3 nitrogen and oxygen atoms in total. The standard InChI is InChI=1S/C38H29N3/c1-39-27-37(33-15-7-14-32(24-33)34-16-9-23-40-26-34)38(41-25-28-10-3-2-4-11-28)31-21-19-30(20-22-31)36-18-8-13-29-12-5-6-17-35(29)36/h2-24,26-27H,1,25H2/b37-27-,41-38?. The molecule has 0 fully saturated rings. The van der Waals surface area contributed by atoms with Crippen LogP contribution >= 0.6 is 0 Å². The zero-order valence-electron chi connectivity index (χ0n) is 22.7. The fraction of sp³-hybridized carbons (Fsp3) is 0.0263. The quantitative estimate of drug-likeness (QED) is 0.182. The predicted octanol–water partition coefficient (Wildman–Crippen LogP) is 9.30. The summed E-state index contributed by atoms with van der Waals surface area (Å²) in [5.74, 6) is 0. The van der Waals surface area contributed by atoms with E-state index in [1.165, 1.54) is 21.9 Å². The summed E-state index contributed by atoms with van der Waals surface area (Å²) in [6.07, 6.45) is 5.48. The van der Waals surface area contributed by atoms with E-state index in [2.05, 4.69) is 126 Å². The third-order valence-corrected chi connectivity index (χ3v) is 7.17. The third kappa shape index (κ3) is 5.80. The lowest BCUT2D eigenvalue weighted by atomic mass is 9.92. The molecule has 0 bridgehead atoms. The molecule has 6 aromatic rings. The van der Waals surface area contributed by atoms with Crippen LogP contribution < -0.4 is 0 Å². The molecule has 0 aliphatic carbocycles. The molecule has 0 N–H and O–H groups in total. The second kappa shape index (κ2) is 12.2. The molecule has 1 heterocycles. The van der Waals surface area contributed by atoms with E-state index >= 15 is 0 Å². The summed E-state index contributed by atoms with van der Waals surface area (Å²) in [6, 6.07) is 46.4. The Labute approximate surface area is 240 Å². The van der Waals surface area contributed by atoms with E-state index in [1.54, 1.807) is 6.20 Å². The molecular weight excluding hydrogens is 498 g/mol. The zero-order chi connectivity index (χ0) is 27.9. The minimum Gasteiger partial charge on any atom is -0.279 e. The Morgan fingerprint density at radius 3 is 2.22 bits per heavy atom. The molecule has 0 unspecified atom stereocenters. The number of aromatic nitrogens is 1. The molecular formula is C38H29N3. The lowest BCUT2D eigenvalue weighted by molar-refractivity contribution is 1.07. The molecule has 0 saturated carbocycles. The zero-order valence-corrected chi connectivity index (χ0v) is 22.7. The smallest absolute Gasteiger partial charge is 0.0744 e. The van der Waals surface area contributed by atoms with Crippen molar-refractivity contribution < 1.29 is 0 Å². The van der Waals surface area contributed by atoms with Crippen molar-refractivity contribution in [3.05, 3.63) is 169 Å². The topological polar surface area (TPSA) is 37.6 Å². The van der Waals surface area contributed by atoms with Crippen LogP contribution in [0.2, 0.25) is 0 Å². The van der Waals surface area contributed by atoms with Gasteiger partial charge in [0.05, 0.1) is 12.3 Å². The van der Waals surface area contributed by atoms with Crippen LogP contribution in [0.1, 0.15) is 16.7 Å². The molecule has 0 spiro atoms. The van der Waals surface area contributed by atoms with Gasteiger partial charge in [-0.2, -0.15) is 0 Å². The number of allylic oxidation sites excluding steroid dienone is 1. The van der Waals surface area contributed by atoms with Gasteiger partial charge in [0, 0.05) is 35.3 Å². The van der Waals surface area contributed by atoms with Gasteiger partial charge in [-0.15, -0.1) is 0 Å². The van der Waals surface area contributed by atoms with Gasteiger partial charge >= 0.3 is 0 Å². The number of hydrogen-bond acceptors (Lipinski definition) is 3. The third-order valence-electron chi connectivity index (χ3n) is 7.17. The van der Waals surface area contributed by atoms with Crippen molar-refractivity contribution in [1.29, 1.82) is 0 Å². The van der Waals surface area contributed by atoms with Gasteiger partial charge in [-0.25, -0.2) is 0 Å². The number of rotatable bonds is 8. The number of nitrogens with zero attached hydrogens (tertiary/aromatic N) is 3. The van der Waals surface area contributed by atoms with Crippen molar-refractivity contribution in [2.24, 2.45) is 9.98 Å². The Morgan fingerprint density at radius 2 is 1.41 bits per heavy atom. The van der Waals surface area contributed by atoms with Crippen LogP contribution in [-0.4, -0.2) is 17.4 Å². The van der Waals surface area contributed by atoms with Gasteiger partial charge in [0.25, 0.3) is 0 Å². The van der Waals surface area contributed by atoms with Crippen LogP contribution in [0.25, 0.3) is 38.6 Å². The normalized spacial score (nSPS) is 11.9. The average molecular weight is 528 g/mol. The highest BCUT2D eigenvalue weighted by Gasteiger charge is 2.15. The van der Waals surface area contributed by atoms with E-state index < -0.39 is 0 Å². The summed E-state index contributed by atoms with van der Waals surface area (Å²) in [6.45, 7) is 4.35. The Balaban J connectivity index is 1.44. The molecule has 0 atom stereocenters. The number of fused-ring (bicyclic) bond motifs is 1. The van der Waals surface area contributed by atoms with Gasteiger partial charge in [0.15, 0.2) is 0 Å². The molecule has 1 aromatic heterocycles. The van der Waals surface area contributed by atoms with Crippen molar-refractivity contribution in [3.8, 4) is 22.3 Å². The van der Waals surface area contributed by atoms with E-state index in [0.29, 0.717) is 6.54 Å². The van der Waals surface area contributed by atoms with Gasteiger partial charge in [0.1, 0.15) is 0 Å². The summed E-state index contributed by atoms with van der Waals surface area (Å²) >= 11 is 0. The van der Waals surface area contributed by atoms with Gasteiger partial charge < -0.3 is 0 Å². The van der Waals surface area contributed by atoms with Crippen LogP contribution in [0.15, 0.2) is 162 Å². The van der Waals surface area contributed by atoms with Crippen molar-refractivity contribution in [2.75, 3.05) is 0 Å². The van der Waals surface area contributed by atoms with Crippen molar-refractivity contribution in [2.45, 2.75) is 6.54 Å². The van der Waals surface area contributed by atoms with Crippen LogP contribution in [0.4, 0.5) is 0 Å². The highest BCUT2D eigenvalue weighted by Crippen LogP contribution is 2.31. The first-order chi connectivity index (χ1) is 20.3. The lowest BCUT2D eigenvalue weighted by Gasteiger charge is -2.15. The van der Waals surface area contributed by atoms with Crippen molar-refractivity contribution in [3.63, 3.8) is 0 Å². The SMILES string of the molecule is C=N/C=C(\C(=NCc1ccccc1)c1ccc(-c2cccc3ccccc23)cc1)c1cccc(-c2cccnc2)c1. The Hall–Kier alpha value is -5.41. The molecule has 0 aliphatic heterocycles. The maximum Gasteiger partial charge on any atom is 0.0744 e. The minimum atomic E-state index is 0.554. The first-order valence-electron chi connectivity index (χ1n) is 13.6. The summed E-state index contributed by atoms with van der Waals surface area (Å²) in [7, 11) is 0. The molecule has 41 heavy (non-hydrogen) atoms. The molecule has 5 aromatic carbocycles. The maximum atomic E-state index is 5.16. The maximum absolute atomic E-state index is 5.16. The largest absolute Gasteiger partial charge is 0.279 e. The van der Waals surface area contributed by atoms with Gasteiger partial charge in [-0.1, -0.05) is 121 Å². The molecule has 196 valence electrons. The molecule has 0 saturated heterocycles. The van der Waals surface area contributed by atoms with Crippen LogP contribution in [0.3, 0.4) is 0 Å². The minimum absolute atomic E-state index is 0.554. The van der Waals surface area contributed by atoms with Gasteiger partial charge in [-0.3, -0.25) is 15.0 Å². The first-order valence-corrected chi connectivity index (χ1v) is 13.6. The van der Waals surface area contributed by atoms with E-state index in [1.807, 2.05) is 36.7 Å². The van der Waals surface area contributed by atoms with Crippen LogP contribution in [0.5, 0.6) is 0 Å². The van der Waals surface area contributed by atoms with E-state index in [-0.39, 0.29) is 0 Å². The van der Waals surface area contributed by atoms with E-state index in [0.717, 1.165) is 39.1 Å². The second-order valence-electron chi connectivity index (χ2n) is 9.80. The average Bonchev–Trinajstić information content (AvgIpc) is 3.05. The second-order valence-corrected chi connectivity index (χ2v) is 9.80. The van der Waals surface area contributed by atoms with E-state index in [9.17, 15) is 0 Å². The number of aliphatic imine (C=N–C) groups is 2.